The van der Waals surface area contributed by atoms with Crippen LogP contribution in [-0.2, 0) is 4.74 Å². The van der Waals surface area contributed by atoms with E-state index in [4.69, 9.17) is 14.2 Å². The molecular formula is C19H23NO4. The second-order valence-corrected chi connectivity index (χ2v) is 6.16. The lowest BCUT2D eigenvalue weighted by Crippen LogP contribution is -2.27. The van der Waals surface area contributed by atoms with E-state index in [9.17, 15) is 4.79 Å². The summed E-state index contributed by atoms with van der Waals surface area (Å²) >= 11 is 0. The minimum absolute atomic E-state index is 0.408. The number of ether oxygens (including phenoxy) is 3. The molecular weight excluding hydrogens is 306 g/mol. The van der Waals surface area contributed by atoms with Crippen LogP contribution >= 0.6 is 0 Å². The van der Waals surface area contributed by atoms with Crippen molar-refractivity contribution in [3.05, 3.63) is 54.6 Å². The first-order valence-corrected chi connectivity index (χ1v) is 7.83. The Morgan fingerprint density at radius 2 is 1.54 bits per heavy atom. The Balaban J connectivity index is 1.79. The normalized spacial score (nSPS) is 10.8. The van der Waals surface area contributed by atoms with Crippen molar-refractivity contribution in [2.24, 2.45) is 0 Å². The summed E-state index contributed by atoms with van der Waals surface area (Å²) < 4.78 is 16.4. The molecule has 5 heteroatoms. The Hall–Kier alpha value is -2.69. The lowest BCUT2D eigenvalue weighted by atomic mass is 10.2. The molecule has 1 amide bonds. The van der Waals surface area contributed by atoms with Crippen LogP contribution in [0.3, 0.4) is 0 Å². The van der Waals surface area contributed by atoms with Crippen molar-refractivity contribution in [2.45, 2.75) is 26.4 Å². The first-order valence-electron chi connectivity index (χ1n) is 7.83. The molecule has 0 heterocycles. The highest BCUT2D eigenvalue weighted by Gasteiger charge is 2.16. The van der Waals surface area contributed by atoms with Crippen molar-refractivity contribution in [3.8, 4) is 11.5 Å². The molecule has 0 atom stereocenters. The number of amides is 1. The minimum atomic E-state index is -0.535. The maximum absolute atomic E-state index is 11.8. The van der Waals surface area contributed by atoms with E-state index in [1.807, 2.05) is 57.2 Å². The first-order chi connectivity index (χ1) is 11.4. The molecule has 0 spiro atoms. The van der Waals surface area contributed by atoms with Gasteiger partial charge in [0.2, 0.25) is 0 Å². The summed E-state index contributed by atoms with van der Waals surface area (Å²) in [6, 6.07) is 16.7. The van der Waals surface area contributed by atoms with Crippen LogP contribution in [0.15, 0.2) is 54.6 Å². The molecule has 0 aliphatic rings. The van der Waals surface area contributed by atoms with E-state index in [2.05, 4.69) is 5.32 Å². The van der Waals surface area contributed by atoms with E-state index in [-0.39, 0.29) is 0 Å². The van der Waals surface area contributed by atoms with Gasteiger partial charge in [-0.05, 0) is 45.0 Å². The SMILES string of the molecule is CC(C)(C)OC(=O)Nc1cccc(OCCOc2ccccc2)c1. The molecule has 0 aromatic heterocycles. The number of hydrogen-bond acceptors (Lipinski definition) is 4. The molecule has 0 saturated heterocycles. The van der Waals surface area contributed by atoms with E-state index in [1.165, 1.54) is 0 Å². The van der Waals surface area contributed by atoms with Gasteiger partial charge in [-0.15, -0.1) is 0 Å². The summed E-state index contributed by atoms with van der Waals surface area (Å²) in [7, 11) is 0. The molecule has 24 heavy (non-hydrogen) atoms. The fourth-order valence-corrected chi connectivity index (χ4v) is 1.92. The van der Waals surface area contributed by atoms with Gasteiger partial charge in [-0.2, -0.15) is 0 Å². The highest BCUT2D eigenvalue weighted by atomic mass is 16.6. The second-order valence-electron chi connectivity index (χ2n) is 6.16. The molecule has 0 fully saturated rings. The van der Waals surface area contributed by atoms with E-state index in [0.717, 1.165) is 5.75 Å². The highest BCUT2D eigenvalue weighted by molar-refractivity contribution is 5.85. The Labute approximate surface area is 142 Å². The van der Waals surface area contributed by atoms with E-state index in [0.29, 0.717) is 24.7 Å². The zero-order valence-electron chi connectivity index (χ0n) is 14.2. The van der Waals surface area contributed by atoms with Crippen molar-refractivity contribution in [3.63, 3.8) is 0 Å². The van der Waals surface area contributed by atoms with Crippen molar-refractivity contribution >= 4 is 11.8 Å². The summed E-state index contributed by atoms with van der Waals surface area (Å²) in [5, 5.41) is 2.68. The number of benzene rings is 2. The number of anilines is 1. The molecule has 5 nitrogen and oxygen atoms in total. The van der Waals surface area contributed by atoms with Crippen LogP contribution in [0.1, 0.15) is 20.8 Å². The van der Waals surface area contributed by atoms with Crippen LogP contribution in [0.5, 0.6) is 11.5 Å². The third-order valence-corrected chi connectivity index (χ3v) is 2.84. The molecule has 0 unspecified atom stereocenters. The average Bonchev–Trinajstić information content (AvgIpc) is 2.51. The predicted molar refractivity (Wildman–Crippen MR) is 93.7 cm³/mol. The summed E-state index contributed by atoms with van der Waals surface area (Å²) in [4.78, 5) is 11.8. The third-order valence-electron chi connectivity index (χ3n) is 2.84. The van der Waals surface area contributed by atoms with E-state index in [1.54, 1.807) is 18.2 Å². The van der Waals surface area contributed by atoms with Gasteiger partial charge in [0, 0.05) is 11.8 Å². The van der Waals surface area contributed by atoms with Crippen LogP contribution in [0.4, 0.5) is 10.5 Å². The molecule has 0 radical (unpaired) electrons. The third kappa shape index (κ3) is 6.60. The number of nitrogens with one attached hydrogen (secondary N) is 1. The number of para-hydroxylation sites is 1. The smallest absolute Gasteiger partial charge is 0.412 e. The maximum atomic E-state index is 11.8. The van der Waals surface area contributed by atoms with Gasteiger partial charge >= 0.3 is 6.09 Å². The highest BCUT2D eigenvalue weighted by Crippen LogP contribution is 2.18. The van der Waals surface area contributed by atoms with Crippen LogP contribution in [0.25, 0.3) is 0 Å². The summed E-state index contributed by atoms with van der Waals surface area (Å²) in [6.45, 7) is 6.30. The molecule has 0 bridgehead atoms. The van der Waals surface area contributed by atoms with Crippen molar-refractivity contribution in [1.82, 2.24) is 0 Å². The first kappa shape index (κ1) is 17.7. The number of hydrogen-bond donors (Lipinski definition) is 1. The average molecular weight is 329 g/mol. The van der Waals surface area contributed by atoms with Gasteiger partial charge in [0.05, 0.1) is 0 Å². The predicted octanol–water partition coefficient (Wildman–Crippen LogP) is 4.49. The number of rotatable bonds is 6. The van der Waals surface area contributed by atoms with Crippen LogP contribution < -0.4 is 14.8 Å². The van der Waals surface area contributed by atoms with Gasteiger partial charge in [0.15, 0.2) is 0 Å². The molecule has 2 rings (SSSR count). The molecule has 2 aromatic rings. The Morgan fingerprint density at radius 3 is 2.21 bits per heavy atom. The van der Waals surface area contributed by atoms with Crippen LogP contribution in [0, 0.1) is 0 Å². The fraction of sp³-hybridized carbons (Fsp3) is 0.316. The van der Waals surface area contributed by atoms with Gasteiger partial charge < -0.3 is 14.2 Å². The Kier molecular flexibility index (Phi) is 6.07. The van der Waals surface area contributed by atoms with Crippen molar-refractivity contribution in [2.75, 3.05) is 18.5 Å². The Morgan fingerprint density at radius 1 is 0.917 bits per heavy atom. The maximum Gasteiger partial charge on any atom is 0.412 e. The lowest BCUT2D eigenvalue weighted by molar-refractivity contribution is 0.0636. The summed E-state index contributed by atoms with van der Waals surface area (Å²) in [5.74, 6) is 1.46. The number of carbonyl (C=O) groups excluding carboxylic acids is 1. The second kappa shape index (κ2) is 8.24. The summed E-state index contributed by atoms with van der Waals surface area (Å²) in [6.07, 6.45) is -0.493. The minimum Gasteiger partial charge on any atom is -0.490 e. The zero-order chi connectivity index (χ0) is 17.4. The zero-order valence-corrected chi connectivity index (χ0v) is 14.2. The number of carbonyl (C=O) groups is 1. The lowest BCUT2D eigenvalue weighted by Gasteiger charge is -2.19. The standard InChI is InChI=1S/C19H23NO4/c1-19(2,3)24-18(21)20-15-8-7-11-17(14-15)23-13-12-22-16-9-5-4-6-10-16/h4-11,14H,12-13H2,1-3H3,(H,20,21). The van der Waals surface area contributed by atoms with Crippen LogP contribution in [-0.4, -0.2) is 24.9 Å². The van der Waals surface area contributed by atoms with E-state index < -0.39 is 11.7 Å². The monoisotopic (exact) mass is 329 g/mol. The topological polar surface area (TPSA) is 56.8 Å². The van der Waals surface area contributed by atoms with Crippen molar-refractivity contribution < 1.29 is 19.0 Å². The van der Waals surface area contributed by atoms with Gasteiger partial charge in [0.25, 0.3) is 0 Å². The quantitative estimate of drug-likeness (QED) is 0.793. The fourth-order valence-electron chi connectivity index (χ4n) is 1.92. The Bertz CT molecular complexity index is 650. The molecule has 0 aliphatic heterocycles. The van der Waals surface area contributed by atoms with Gasteiger partial charge in [-0.25, -0.2) is 4.79 Å². The van der Waals surface area contributed by atoms with Gasteiger partial charge in [-0.1, -0.05) is 24.3 Å². The van der Waals surface area contributed by atoms with E-state index >= 15 is 0 Å². The molecule has 1 N–H and O–H groups in total. The van der Waals surface area contributed by atoms with Gasteiger partial charge in [0.1, 0.15) is 30.3 Å². The molecule has 0 aliphatic carbocycles. The molecule has 0 saturated carbocycles. The van der Waals surface area contributed by atoms with Gasteiger partial charge in [-0.3, -0.25) is 5.32 Å². The van der Waals surface area contributed by atoms with Crippen LogP contribution in [0.2, 0.25) is 0 Å². The molecule has 2 aromatic carbocycles. The van der Waals surface area contributed by atoms with Crippen molar-refractivity contribution in [1.29, 1.82) is 0 Å². The molecule has 128 valence electrons. The largest absolute Gasteiger partial charge is 0.490 e. The summed E-state index contributed by atoms with van der Waals surface area (Å²) in [5.41, 5.74) is 0.0817.